The van der Waals surface area contributed by atoms with Gasteiger partial charge in [-0.2, -0.15) is 0 Å². The normalized spacial score (nSPS) is 29.7. The second-order valence-electron chi connectivity index (χ2n) is 32.6. The Hall–Kier alpha value is -11.1. The maximum Gasteiger partial charge on any atom is 0.330 e. The summed E-state index contributed by atoms with van der Waals surface area (Å²) in [5, 5.41) is 137. The summed E-state index contributed by atoms with van der Waals surface area (Å²) in [6.07, 6.45) is -23.0. The Labute approximate surface area is 725 Å². The number of carbonyl (C=O) groups is 8. The Bertz CT molecular complexity index is 5210. The molecule has 22 N–H and O–H groups in total. The van der Waals surface area contributed by atoms with Gasteiger partial charge in [0.15, 0.2) is 36.2 Å². The van der Waals surface area contributed by atoms with Crippen molar-refractivity contribution in [3.63, 3.8) is 0 Å². The molecule has 7 amide bonds. The van der Waals surface area contributed by atoms with Gasteiger partial charge in [0.05, 0.1) is 53.5 Å². The lowest BCUT2D eigenvalue weighted by atomic mass is 9.84. The average molecular weight is 1770 g/mol. The van der Waals surface area contributed by atoms with Crippen molar-refractivity contribution >= 4 is 70.5 Å². The molecule has 0 spiro atoms. The number of carbonyl (C=O) groups excluding carboxylic acids is 7. The van der Waals surface area contributed by atoms with Gasteiger partial charge < -0.3 is 148 Å². The van der Waals surface area contributed by atoms with E-state index in [-0.39, 0.29) is 59.2 Å². The number of aliphatic carboxylic acids is 1. The summed E-state index contributed by atoms with van der Waals surface area (Å²) in [5.41, 5.74) is 7.73. The number of phenolic OH excluding ortho intramolecular Hbond substituents is 3. The Morgan fingerprint density at radius 1 is 0.640 bits per heavy atom. The number of hydrogen-bond acceptors (Lipinski definition) is 29. The average Bonchev–Trinajstić information content (AvgIpc) is 0.756. The van der Waals surface area contributed by atoms with E-state index < -0.39 is 261 Å². The van der Waals surface area contributed by atoms with E-state index in [0.717, 1.165) is 54.1 Å². The summed E-state index contributed by atoms with van der Waals surface area (Å²) in [4.78, 5) is 121. The number of hydrogen-bond donors (Lipinski definition) is 20. The first-order chi connectivity index (χ1) is 59.3. The number of carboxylic acid groups (broad SMARTS) is 1. The first-order valence-corrected chi connectivity index (χ1v) is 40.9. The van der Waals surface area contributed by atoms with E-state index in [1.54, 1.807) is 38.1 Å². The first kappa shape index (κ1) is 91.6. The fourth-order valence-corrected chi connectivity index (χ4v) is 16.5. The van der Waals surface area contributed by atoms with Gasteiger partial charge in [-0.3, -0.25) is 33.6 Å². The van der Waals surface area contributed by atoms with E-state index >= 15 is 24.0 Å². The number of phenols is 3. The van der Waals surface area contributed by atoms with E-state index in [9.17, 15) is 65.4 Å². The molecule has 8 aliphatic heterocycles. The molecule has 668 valence electrons. The van der Waals surface area contributed by atoms with E-state index in [0.29, 0.717) is 11.5 Å². The van der Waals surface area contributed by atoms with E-state index in [2.05, 4.69) is 42.5 Å². The van der Waals surface area contributed by atoms with Crippen LogP contribution < -0.4 is 72.9 Å². The number of halogens is 2. The fraction of sp³-hybridized carbons (Fsp3) is 0.419. The quantitative estimate of drug-likeness (QED) is 0.0513. The Kier molecular flexibility index (Phi) is 27.9. The summed E-state index contributed by atoms with van der Waals surface area (Å²) in [6.45, 7) is 9.02. The highest BCUT2D eigenvalue weighted by Crippen LogP contribution is 2.51. The molecule has 0 saturated carbocycles. The second kappa shape index (κ2) is 38.0. The van der Waals surface area contributed by atoms with Gasteiger partial charge in [-0.05, 0) is 154 Å². The molecule has 0 radical (unpaired) electrons. The molecule has 8 aliphatic rings. The lowest BCUT2D eigenvalue weighted by Crippen LogP contribution is -2.65. The molecule has 7 aromatic carbocycles. The minimum atomic E-state index is -2.40. The van der Waals surface area contributed by atoms with Crippen LogP contribution in [0.25, 0.3) is 11.1 Å². The molecule has 7 aromatic rings. The number of amides is 7. The molecule has 3 fully saturated rings. The van der Waals surface area contributed by atoms with Gasteiger partial charge in [0.2, 0.25) is 53.4 Å². The molecule has 22 atom stereocenters. The highest BCUT2D eigenvalue weighted by Gasteiger charge is 2.53. The van der Waals surface area contributed by atoms with Crippen molar-refractivity contribution in [3.8, 4) is 68.6 Å². The lowest BCUT2D eigenvalue weighted by molar-refractivity contribution is -0.334. The Morgan fingerprint density at radius 3 is 1.87 bits per heavy atom. The van der Waals surface area contributed by atoms with Crippen molar-refractivity contribution in [2.75, 3.05) is 13.7 Å². The number of carboxylic acids is 1. The van der Waals surface area contributed by atoms with Gasteiger partial charge in [-0.25, -0.2) is 4.79 Å². The van der Waals surface area contributed by atoms with Crippen LogP contribution in [0.1, 0.15) is 131 Å². The van der Waals surface area contributed by atoms with Gasteiger partial charge in [0.25, 0.3) is 0 Å². The number of aliphatic hydroxyl groups excluding tert-OH is 6. The van der Waals surface area contributed by atoms with Crippen LogP contribution in [0.15, 0.2) is 133 Å². The molecule has 15 rings (SSSR count). The molecule has 37 nitrogen and oxygen atoms in total. The number of benzene rings is 7. The number of aromatic hydroxyl groups is 3. The lowest BCUT2D eigenvalue weighted by Gasteiger charge is -2.48. The van der Waals surface area contributed by atoms with Gasteiger partial charge >= 0.3 is 5.97 Å². The number of nitrogens with two attached hydrogens (primary N) is 2. The van der Waals surface area contributed by atoms with E-state index in [1.807, 2.05) is 44.2 Å². The molecule has 0 aliphatic carbocycles. The van der Waals surface area contributed by atoms with Crippen LogP contribution in [0.2, 0.25) is 10.0 Å². The second-order valence-corrected chi connectivity index (χ2v) is 33.4. The smallest absolute Gasteiger partial charge is 0.330 e. The minimum absolute atomic E-state index is 0.119. The molecule has 39 heteroatoms. The van der Waals surface area contributed by atoms with Crippen molar-refractivity contribution < 1.29 is 132 Å². The maximum absolute atomic E-state index is 16.6. The molecule has 8 heterocycles. The maximum atomic E-state index is 16.6. The van der Waals surface area contributed by atoms with E-state index in [1.165, 1.54) is 51.2 Å². The van der Waals surface area contributed by atoms with E-state index in [4.69, 9.17) is 77.3 Å². The van der Waals surface area contributed by atoms with Crippen LogP contribution in [-0.4, -0.2) is 215 Å². The van der Waals surface area contributed by atoms with Gasteiger partial charge in [-0.15, -0.1) is 0 Å². The number of aliphatic hydroxyl groups is 6. The standard InChI is InChI=1S/C86H98Cl2N10O27/c1-36(2)23-51(91-7)77(109)97-67-69(104)41-16-21-55(49(87)25-41)120-57-27-43-28-58(73(57)125-84-74(71(106)70(105)59(35-99)122-84)124-62-33-86(6,76(108)38(4)118-62)92-34-39-13-18-46(19-14-39)119-45-11-9-8-10-12-45)121-56-22-17-42(26-50(56)88)72(123-61-32-85(5,90)75(107)37(3)117-61)68-82(114)96-66(83(115)116)48-29-44(100)30-54(102)63(48)47-24-40(15-20-53(47)101)64(79(111)98-68)95-80(112)65(43)94-78(110)52(31-60(89)103)93-81(67)113/h8-22,24-30,36-38,51-52,59,61-62,64-72,74-76,84,91-92,99-102,104-108H,23,31-35,90H2,1-7H3,(H2,89,103)(H,93,113)(H,94,110)(H,95,112)(H,96,114)(H,97,109)(H,98,111)(H,115,116)/t37-,38-,51+,52-,59+,61+,62-,64+,65+,66-,67+,68-,69+,70+,71-,72+,74+,75-,76-,84-,85-,86-/m0/s1. The van der Waals surface area contributed by atoms with Crippen molar-refractivity contribution in [2.24, 2.45) is 17.4 Å². The zero-order valence-corrected chi connectivity index (χ0v) is 69.9. The van der Waals surface area contributed by atoms with Crippen LogP contribution in [-0.2, 0) is 68.6 Å². The fourth-order valence-electron chi connectivity index (χ4n) is 16.0. The zero-order chi connectivity index (χ0) is 90.1. The SMILES string of the molecule is CN[C@H](CC(C)C)C(=O)N[C@H]1C(=O)N[C@@H](CC(N)=O)C(=O)N[C@H]2C(=O)N[C@H]3C(=O)N[C@H](C(=O)N[C@H](C(=O)O)c4cc(O)cc(O)c4-c4cc3ccc4O)[C@H](O[C@@H]3C[C@](C)(N)[C@@H](O)[C@H](C)O3)c3ccc(c(Cl)c3)Oc3cc2cc(c3O[C@@H]2O[C@H](CO)[C@@H](O)[C@H](O)[C@H]2O[C@H]2C[C@](C)(NCc3ccc(Oc4ccccc4)cc3)[C@@H](O)[C@H](C)O2)Oc2ccc(cc2Cl)[C@H]1O. The topological polar surface area (TPSA) is 570 Å². The predicted octanol–water partition coefficient (Wildman–Crippen LogP) is 3.97. The highest BCUT2D eigenvalue weighted by atomic mass is 35.5. The van der Waals surface area contributed by atoms with Crippen molar-refractivity contribution in [3.05, 3.63) is 177 Å². The summed E-state index contributed by atoms with van der Waals surface area (Å²) < 4.78 is 58.9. The summed E-state index contributed by atoms with van der Waals surface area (Å²) in [6, 6.07) is 15.9. The molecule has 3 saturated heterocycles. The molecule has 11 bridgehead atoms. The monoisotopic (exact) mass is 1770 g/mol. The van der Waals surface area contributed by atoms with Gasteiger partial charge in [0, 0.05) is 53.2 Å². The van der Waals surface area contributed by atoms with Crippen LogP contribution in [0, 0.1) is 5.92 Å². The number of nitrogens with one attached hydrogen (secondary N) is 8. The largest absolute Gasteiger partial charge is 0.508 e. The molecule has 125 heavy (non-hydrogen) atoms. The van der Waals surface area contributed by atoms with Crippen LogP contribution >= 0.6 is 23.2 Å². The number of fused-ring (bicyclic) bond motifs is 15. The van der Waals surface area contributed by atoms with Crippen LogP contribution in [0.5, 0.6) is 57.5 Å². The van der Waals surface area contributed by atoms with Gasteiger partial charge in [0.1, 0.15) is 101 Å². The van der Waals surface area contributed by atoms with Crippen molar-refractivity contribution in [2.45, 2.75) is 207 Å². The predicted molar refractivity (Wildman–Crippen MR) is 441 cm³/mol. The summed E-state index contributed by atoms with van der Waals surface area (Å²) in [7, 11) is 1.48. The van der Waals surface area contributed by atoms with Crippen molar-refractivity contribution in [1.29, 1.82) is 0 Å². The number of ether oxygens (including phenoxy) is 9. The highest BCUT2D eigenvalue weighted by molar-refractivity contribution is 6.32. The van der Waals surface area contributed by atoms with Gasteiger partial charge in [-0.1, -0.05) is 85.6 Å². The Morgan fingerprint density at radius 2 is 1.25 bits per heavy atom. The first-order valence-electron chi connectivity index (χ1n) is 40.1. The summed E-state index contributed by atoms with van der Waals surface area (Å²) in [5.74, 6) is -15.0. The number of para-hydroxylation sites is 1. The third-order valence-electron chi connectivity index (χ3n) is 22.7. The van der Waals surface area contributed by atoms with Crippen molar-refractivity contribution in [1.82, 2.24) is 42.5 Å². The number of primary amides is 1. The molecule has 0 aromatic heterocycles. The number of rotatable bonds is 20. The molecular formula is C86H98Cl2N10O27. The van der Waals surface area contributed by atoms with Crippen LogP contribution in [0.4, 0.5) is 0 Å². The summed E-state index contributed by atoms with van der Waals surface area (Å²) >= 11 is 14.7. The molecule has 0 unspecified atom stereocenters. The number of likely N-dealkylation sites (N-methyl/N-ethyl adjacent to an activating group) is 1. The molecular weight excluding hydrogens is 1680 g/mol. The third-order valence-corrected chi connectivity index (χ3v) is 23.3. The Balaban J connectivity index is 1.01. The zero-order valence-electron chi connectivity index (χ0n) is 68.4. The van der Waals surface area contributed by atoms with Crippen LogP contribution in [0.3, 0.4) is 0 Å². The minimum Gasteiger partial charge on any atom is -0.508 e. The third kappa shape index (κ3) is 20.3.